The molecule has 2 atom stereocenters. The molecule has 0 fully saturated rings. The Morgan fingerprint density at radius 2 is 1.59 bits per heavy atom. The summed E-state index contributed by atoms with van der Waals surface area (Å²) in [5.41, 5.74) is 0.453. The minimum atomic E-state index is -1.47. The number of alkyl carbamates (subject to hydrolysis) is 1. The molecule has 0 radical (unpaired) electrons. The molecule has 2 aromatic rings. The third-order valence-corrected chi connectivity index (χ3v) is 5.01. The minimum Gasteiger partial charge on any atom is -0.469 e. The molecule has 39 heavy (non-hydrogen) atoms. The number of non-ortho nitro benzene ring substituents is 1. The molecule has 0 heterocycles. The monoisotopic (exact) mass is 545 g/mol. The molecule has 0 unspecified atom stereocenters. The van der Waals surface area contributed by atoms with Crippen LogP contribution in [-0.2, 0) is 40.0 Å². The highest BCUT2D eigenvalue weighted by Crippen LogP contribution is 2.18. The van der Waals surface area contributed by atoms with Crippen LogP contribution in [0.2, 0.25) is 0 Å². The highest BCUT2D eigenvalue weighted by molar-refractivity contribution is 5.90. The molecular formula is C25H27N3O11. The average Bonchev–Trinajstić information content (AvgIpc) is 2.92. The Hall–Kier alpha value is -5.01. The minimum absolute atomic E-state index is 0.0537. The van der Waals surface area contributed by atoms with Gasteiger partial charge >= 0.3 is 24.0 Å². The van der Waals surface area contributed by atoms with Gasteiger partial charge in [-0.2, -0.15) is 0 Å². The van der Waals surface area contributed by atoms with E-state index in [1.807, 2.05) is 0 Å². The van der Waals surface area contributed by atoms with Gasteiger partial charge in [-0.25, -0.2) is 9.59 Å². The van der Waals surface area contributed by atoms with E-state index in [4.69, 9.17) is 14.2 Å². The van der Waals surface area contributed by atoms with Crippen LogP contribution in [-0.4, -0.2) is 60.6 Å². The third kappa shape index (κ3) is 10.9. The highest BCUT2D eigenvalue weighted by Gasteiger charge is 2.30. The zero-order chi connectivity index (χ0) is 28.8. The molecule has 2 amide bonds. The van der Waals surface area contributed by atoms with Crippen LogP contribution < -0.4 is 15.4 Å². The predicted octanol–water partition coefficient (Wildman–Crippen LogP) is 1.80. The fourth-order valence-corrected chi connectivity index (χ4v) is 3.00. The van der Waals surface area contributed by atoms with Gasteiger partial charge in [0.05, 0.1) is 12.0 Å². The van der Waals surface area contributed by atoms with E-state index in [0.717, 1.165) is 26.2 Å². The quantitative estimate of drug-likeness (QED) is 0.123. The molecule has 0 aliphatic heterocycles. The molecule has 2 aromatic carbocycles. The van der Waals surface area contributed by atoms with Crippen LogP contribution >= 0.6 is 0 Å². The number of hydrogen-bond donors (Lipinski definition) is 2. The van der Waals surface area contributed by atoms with Crippen LogP contribution in [0.1, 0.15) is 25.3 Å². The van der Waals surface area contributed by atoms with Gasteiger partial charge in [-0.3, -0.25) is 24.5 Å². The molecule has 0 aromatic heterocycles. The molecule has 2 N–H and O–H groups in total. The summed E-state index contributed by atoms with van der Waals surface area (Å²) < 4.78 is 19.7. The molecule has 0 saturated heterocycles. The lowest BCUT2D eigenvalue weighted by molar-refractivity contribution is -0.384. The topological polar surface area (TPSA) is 189 Å². The van der Waals surface area contributed by atoms with Crippen LogP contribution in [0.25, 0.3) is 0 Å². The first-order valence-electron chi connectivity index (χ1n) is 11.5. The first-order valence-corrected chi connectivity index (χ1v) is 11.5. The second-order valence-electron chi connectivity index (χ2n) is 7.91. The second-order valence-corrected chi connectivity index (χ2v) is 7.91. The smallest absolute Gasteiger partial charge is 0.408 e. The van der Waals surface area contributed by atoms with Crippen LogP contribution in [0.3, 0.4) is 0 Å². The first kappa shape index (κ1) is 30.2. The zero-order valence-corrected chi connectivity index (χ0v) is 21.1. The lowest BCUT2D eigenvalue weighted by Gasteiger charge is -2.22. The molecule has 208 valence electrons. The Kier molecular flexibility index (Phi) is 11.8. The number of carbonyl (C=O) groups is 5. The lowest BCUT2D eigenvalue weighted by Crippen LogP contribution is -2.54. The highest BCUT2D eigenvalue weighted by atomic mass is 16.6. The summed E-state index contributed by atoms with van der Waals surface area (Å²) in [5, 5.41) is 15.5. The average molecular weight is 546 g/mol. The van der Waals surface area contributed by atoms with Crippen molar-refractivity contribution in [2.75, 3.05) is 13.7 Å². The number of rotatable bonds is 13. The molecule has 14 nitrogen and oxygen atoms in total. The Bertz CT molecular complexity index is 1170. The molecular weight excluding hydrogens is 518 g/mol. The van der Waals surface area contributed by atoms with Crippen molar-refractivity contribution in [1.82, 2.24) is 10.6 Å². The number of nitro benzene ring substituents is 1. The summed E-state index contributed by atoms with van der Waals surface area (Å²) in [4.78, 5) is 71.3. The Balaban J connectivity index is 2.12. The number of ether oxygens (including phenoxy) is 4. The van der Waals surface area contributed by atoms with Gasteiger partial charge in [-0.05, 0) is 24.1 Å². The van der Waals surface area contributed by atoms with Gasteiger partial charge < -0.3 is 29.6 Å². The molecule has 2 rings (SSSR count). The fraction of sp³-hybridized carbons (Fsp3) is 0.320. The van der Waals surface area contributed by atoms with Crippen LogP contribution in [0.4, 0.5) is 10.5 Å². The fourth-order valence-electron chi connectivity index (χ4n) is 3.00. The molecule has 0 spiro atoms. The Morgan fingerprint density at radius 3 is 2.18 bits per heavy atom. The van der Waals surface area contributed by atoms with Crippen LogP contribution in [0.15, 0.2) is 54.6 Å². The van der Waals surface area contributed by atoms with Crippen molar-refractivity contribution in [3.63, 3.8) is 0 Å². The number of amides is 2. The number of nitrogens with zero attached hydrogens (tertiary/aromatic N) is 1. The summed E-state index contributed by atoms with van der Waals surface area (Å²) in [6.45, 7) is 0.421. The maximum absolute atomic E-state index is 13.0. The van der Waals surface area contributed by atoms with Crippen molar-refractivity contribution in [3.8, 4) is 5.75 Å². The van der Waals surface area contributed by atoms with Crippen molar-refractivity contribution in [1.29, 1.82) is 0 Å². The summed E-state index contributed by atoms with van der Waals surface area (Å²) in [7, 11) is 1.14. The van der Waals surface area contributed by atoms with E-state index in [9.17, 15) is 34.1 Å². The second kappa shape index (κ2) is 15.3. The van der Waals surface area contributed by atoms with Gasteiger partial charge in [0.25, 0.3) is 5.69 Å². The van der Waals surface area contributed by atoms with Crippen molar-refractivity contribution < 1.29 is 47.8 Å². The number of nitro groups is 1. The van der Waals surface area contributed by atoms with Gasteiger partial charge in [0.2, 0.25) is 5.91 Å². The summed E-state index contributed by atoms with van der Waals surface area (Å²) in [6, 6.07) is 10.4. The first-order chi connectivity index (χ1) is 18.6. The number of esters is 3. The van der Waals surface area contributed by atoms with Gasteiger partial charge in [-0.1, -0.05) is 30.3 Å². The lowest BCUT2D eigenvalue weighted by atomic mass is 10.1. The van der Waals surface area contributed by atoms with Crippen LogP contribution in [0.5, 0.6) is 5.75 Å². The SMILES string of the molecule is COC(=O)CC[C@H](NC(=O)[C@H](COC(C)=O)NC(=O)OCc1ccccc1)C(=O)Oc1ccc([N+](=O)[O-])cc1. The number of carbonyl (C=O) groups excluding carboxylic acids is 5. The summed E-state index contributed by atoms with van der Waals surface area (Å²) in [6.07, 6.45) is -1.52. The van der Waals surface area contributed by atoms with E-state index < -0.39 is 53.5 Å². The normalized spacial score (nSPS) is 11.7. The maximum Gasteiger partial charge on any atom is 0.408 e. The Morgan fingerprint density at radius 1 is 0.923 bits per heavy atom. The van der Waals surface area contributed by atoms with Crippen LogP contribution in [0, 0.1) is 10.1 Å². The molecule has 0 aliphatic rings. The summed E-state index contributed by atoms with van der Waals surface area (Å²) >= 11 is 0. The van der Waals surface area contributed by atoms with Crippen molar-refractivity contribution in [3.05, 3.63) is 70.3 Å². The molecule has 0 bridgehead atoms. The maximum atomic E-state index is 13.0. The van der Waals surface area contributed by atoms with Crippen molar-refractivity contribution >= 4 is 35.6 Å². The molecule has 0 aliphatic carbocycles. The third-order valence-electron chi connectivity index (χ3n) is 5.01. The number of hydrogen-bond acceptors (Lipinski definition) is 11. The van der Waals surface area contributed by atoms with E-state index in [2.05, 4.69) is 15.4 Å². The standard InChI is InChI=1S/C25H27N3O11/c1-16(29)37-15-21(27-25(33)38-14-17-6-4-3-5-7-17)23(31)26-20(12-13-22(30)36-2)24(32)39-19-10-8-18(9-11-19)28(34)35/h3-11,20-21H,12-15H2,1-2H3,(H,26,31)(H,27,33)/t20-,21-/m0/s1. The predicted molar refractivity (Wildman–Crippen MR) is 132 cm³/mol. The van der Waals surface area contributed by atoms with Gasteiger partial charge in [0, 0.05) is 25.5 Å². The molecule has 0 saturated carbocycles. The molecule has 14 heteroatoms. The Labute approximate surface area is 222 Å². The number of benzene rings is 2. The van der Waals surface area contributed by atoms with Gasteiger partial charge in [-0.15, -0.1) is 0 Å². The zero-order valence-electron chi connectivity index (χ0n) is 21.1. The van der Waals surface area contributed by atoms with E-state index >= 15 is 0 Å². The largest absolute Gasteiger partial charge is 0.469 e. The van der Waals surface area contributed by atoms with Crippen molar-refractivity contribution in [2.24, 2.45) is 0 Å². The van der Waals surface area contributed by atoms with Crippen molar-refractivity contribution in [2.45, 2.75) is 38.5 Å². The number of nitrogens with one attached hydrogen (secondary N) is 2. The van der Waals surface area contributed by atoms with E-state index in [0.29, 0.717) is 5.56 Å². The van der Waals surface area contributed by atoms with E-state index in [1.165, 1.54) is 12.1 Å². The van der Waals surface area contributed by atoms with Gasteiger partial charge in [0.15, 0.2) is 0 Å². The van der Waals surface area contributed by atoms with E-state index in [-0.39, 0.29) is 30.9 Å². The van der Waals surface area contributed by atoms with E-state index in [1.54, 1.807) is 30.3 Å². The van der Waals surface area contributed by atoms with Gasteiger partial charge in [0.1, 0.15) is 31.0 Å². The number of methoxy groups -OCH3 is 1. The summed E-state index contributed by atoms with van der Waals surface area (Å²) in [5.74, 6) is -3.40.